The van der Waals surface area contributed by atoms with E-state index in [0.29, 0.717) is 33.7 Å². The van der Waals surface area contributed by atoms with Crippen molar-refractivity contribution in [2.75, 3.05) is 40.2 Å². The minimum atomic E-state index is -3.33. The molecule has 3 heterocycles. The summed E-state index contributed by atoms with van der Waals surface area (Å²) in [6.07, 6.45) is 2.70. The van der Waals surface area contributed by atoms with Gasteiger partial charge < -0.3 is 15.1 Å². The van der Waals surface area contributed by atoms with Gasteiger partial charge in [0.15, 0.2) is 5.82 Å². The van der Waals surface area contributed by atoms with Gasteiger partial charge in [-0.2, -0.15) is 4.98 Å². The highest BCUT2D eigenvalue weighted by Gasteiger charge is 2.30. The van der Waals surface area contributed by atoms with E-state index in [1.165, 1.54) is 11.3 Å². The Labute approximate surface area is 172 Å². The van der Waals surface area contributed by atoms with E-state index in [1.807, 2.05) is 23.4 Å². The van der Waals surface area contributed by atoms with Gasteiger partial charge in [0.1, 0.15) is 10.6 Å². The Morgan fingerprint density at radius 1 is 1.00 bits per heavy atom. The Hall–Kier alpha value is -3.18. The molecule has 0 unspecified atom stereocenters. The summed E-state index contributed by atoms with van der Waals surface area (Å²) in [4.78, 5) is 25.7. The zero-order chi connectivity index (χ0) is 20.8. The Kier molecular flexibility index (Phi) is 4.63. The van der Waals surface area contributed by atoms with Crippen LogP contribution in [-0.4, -0.2) is 44.6 Å². The SMILES string of the molecule is CN1C(=O)c2sccc2N(C)c2nc(Nc3ccc(NS(C)(=O)=O)cc3)ncc21. The Morgan fingerprint density at radius 3 is 2.38 bits per heavy atom. The molecule has 1 aliphatic heterocycles. The average Bonchev–Trinajstić information content (AvgIpc) is 3.14. The maximum absolute atomic E-state index is 12.7. The minimum absolute atomic E-state index is 0.0983. The van der Waals surface area contributed by atoms with E-state index in [4.69, 9.17) is 0 Å². The molecule has 3 aromatic rings. The van der Waals surface area contributed by atoms with Crippen LogP contribution >= 0.6 is 11.3 Å². The highest BCUT2D eigenvalue weighted by Crippen LogP contribution is 2.40. The second-order valence-electron chi connectivity index (χ2n) is 6.54. The van der Waals surface area contributed by atoms with E-state index in [0.717, 1.165) is 11.9 Å². The van der Waals surface area contributed by atoms with E-state index < -0.39 is 10.0 Å². The van der Waals surface area contributed by atoms with Crippen molar-refractivity contribution in [3.63, 3.8) is 0 Å². The smallest absolute Gasteiger partial charge is 0.270 e. The maximum atomic E-state index is 12.7. The number of carbonyl (C=O) groups is 1. The van der Waals surface area contributed by atoms with Crippen LogP contribution in [0.4, 0.5) is 34.5 Å². The van der Waals surface area contributed by atoms with Crippen molar-refractivity contribution in [1.29, 1.82) is 0 Å². The molecule has 150 valence electrons. The van der Waals surface area contributed by atoms with Crippen molar-refractivity contribution in [2.24, 2.45) is 0 Å². The number of rotatable bonds is 4. The van der Waals surface area contributed by atoms with Gasteiger partial charge in [-0.1, -0.05) is 0 Å². The van der Waals surface area contributed by atoms with Gasteiger partial charge in [0, 0.05) is 25.5 Å². The standard InChI is InChI=1S/C18H18N6O3S2/c1-23-13-8-9-28-15(13)17(25)24(2)14-10-19-18(21-16(14)23)20-11-4-6-12(7-5-11)22-29(3,26)27/h4-10,22H,1-3H3,(H,19,20,21). The lowest BCUT2D eigenvalue weighted by Gasteiger charge is -2.20. The second-order valence-corrected chi connectivity index (χ2v) is 9.20. The van der Waals surface area contributed by atoms with Gasteiger partial charge in [0.05, 0.1) is 18.1 Å². The number of thiophene rings is 1. The normalized spacial score (nSPS) is 13.6. The van der Waals surface area contributed by atoms with Crippen molar-refractivity contribution in [1.82, 2.24) is 9.97 Å². The van der Waals surface area contributed by atoms with Gasteiger partial charge in [0.2, 0.25) is 16.0 Å². The monoisotopic (exact) mass is 430 g/mol. The van der Waals surface area contributed by atoms with Crippen LogP contribution in [0.1, 0.15) is 9.67 Å². The molecule has 0 radical (unpaired) electrons. The van der Waals surface area contributed by atoms with Crippen molar-refractivity contribution in [2.45, 2.75) is 0 Å². The largest absolute Gasteiger partial charge is 0.326 e. The summed E-state index contributed by atoms with van der Waals surface area (Å²) in [6, 6.07) is 8.62. The molecule has 1 aromatic carbocycles. The lowest BCUT2D eigenvalue weighted by atomic mass is 10.3. The fourth-order valence-electron chi connectivity index (χ4n) is 2.98. The molecule has 0 bridgehead atoms. The summed E-state index contributed by atoms with van der Waals surface area (Å²) in [6.45, 7) is 0. The summed E-state index contributed by atoms with van der Waals surface area (Å²) in [5.41, 5.74) is 2.57. The van der Waals surface area contributed by atoms with Gasteiger partial charge in [-0.15, -0.1) is 11.3 Å². The third-order valence-corrected chi connectivity index (χ3v) is 5.88. The van der Waals surface area contributed by atoms with E-state index in [2.05, 4.69) is 20.0 Å². The van der Waals surface area contributed by atoms with Gasteiger partial charge >= 0.3 is 0 Å². The number of hydrogen-bond acceptors (Lipinski definition) is 8. The molecule has 2 aromatic heterocycles. The molecule has 0 atom stereocenters. The molecule has 4 rings (SSSR count). The predicted octanol–water partition coefficient (Wildman–Crippen LogP) is 3.01. The molecule has 0 spiro atoms. The molecule has 11 heteroatoms. The summed E-state index contributed by atoms with van der Waals surface area (Å²) in [5, 5.41) is 4.98. The summed E-state index contributed by atoms with van der Waals surface area (Å²) >= 11 is 1.39. The zero-order valence-corrected chi connectivity index (χ0v) is 17.5. The molecule has 0 fully saturated rings. The fourth-order valence-corrected chi connectivity index (χ4v) is 4.44. The van der Waals surface area contributed by atoms with Crippen molar-refractivity contribution in [3.05, 3.63) is 46.8 Å². The topological polar surface area (TPSA) is 108 Å². The van der Waals surface area contributed by atoms with Crippen molar-refractivity contribution in [3.8, 4) is 0 Å². The number of amides is 1. The van der Waals surface area contributed by atoms with Crippen LogP contribution in [0, 0.1) is 0 Å². The van der Waals surface area contributed by atoms with Crippen molar-refractivity contribution >= 4 is 61.8 Å². The number of nitrogens with zero attached hydrogens (tertiary/aromatic N) is 4. The molecule has 0 aliphatic carbocycles. The molecular weight excluding hydrogens is 412 g/mol. The molecule has 1 aliphatic rings. The molecule has 1 amide bonds. The lowest BCUT2D eigenvalue weighted by Crippen LogP contribution is -2.25. The fraction of sp³-hybridized carbons (Fsp3) is 0.167. The number of aromatic nitrogens is 2. The van der Waals surface area contributed by atoms with Crippen LogP contribution in [0.3, 0.4) is 0 Å². The summed E-state index contributed by atoms with van der Waals surface area (Å²) < 4.78 is 25.0. The Bertz CT molecular complexity index is 1190. The minimum Gasteiger partial charge on any atom is -0.326 e. The zero-order valence-electron chi connectivity index (χ0n) is 15.9. The molecule has 0 saturated heterocycles. The first-order chi connectivity index (χ1) is 13.7. The van der Waals surface area contributed by atoms with Gasteiger partial charge in [-0.25, -0.2) is 13.4 Å². The van der Waals surface area contributed by atoms with Crippen LogP contribution in [0.5, 0.6) is 0 Å². The predicted molar refractivity (Wildman–Crippen MR) is 115 cm³/mol. The lowest BCUT2D eigenvalue weighted by molar-refractivity contribution is 0.0998. The first-order valence-corrected chi connectivity index (χ1v) is 11.3. The van der Waals surface area contributed by atoms with Gasteiger partial charge in [-0.05, 0) is 35.7 Å². The molecule has 29 heavy (non-hydrogen) atoms. The number of nitrogens with one attached hydrogen (secondary N) is 2. The van der Waals surface area contributed by atoms with E-state index >= 15 is 0 Å². The highest BCUT2D eigenvalue weighted by molar-refractivity contribution is 7.92. The van der Waals surface area contributed by atoms with E-state index in [1.54, 1.807) is 42.4 Å². The Balaban J connectivity index is 1.64. The number of fused-ring (bicyclic) bond motifs is 2. The molecular formula is C18H18N6O3S2. The van der Waals surface area contributed by atoms with Gasteiger partial charge in [0.25, 0.3) is 5.91 Å². The van der Waals surface area contributed by atoms with Crippen LogP contribution < -0.4 is 19.8 Å². The highest BCUT2D eigenvalue weighted by atomic mass is 32.2. The van der Waals surface area contributed by atoms with E-state index in [-0.39, 0.29) is 5.91 Å². The first-order valence-electron chi connectivity index (χ1n) is 8.54. The molecule has 2 N–H and O–H groups in total. The van der Waals surface area contributed by atoms with Crippen LogP contribution in [-0.2, 0) is 10.0 Å². The van der Waals surface area contributed by atoms with Crippen LogP contribution in [0.25, 0.3) is 0 Å². The number of sulfonamides is 1. The molecule has 0 saturated carbocycles. The Morgan fingerprint density at radius 2 is 1.69 bits per heavy atom. The number of benzene rings is 1. The van der Waals surface area contributed by atoms with Crippen LogP contribution in [0.2, 0.25) is 0 Å². The number of carbonyl (C=O) groups excluding carboxylic acids is 1. The third kappa shape index (κ3) is 3.74. The molecule has 9 nitrogen and oxygen atoms in total. The third-order valence-electron chi connectivity index (χ3n) is 4.38. The van der Waals surface area contributed by atoms with E-state index in [9.17, 15) is 13.2 Å². The van der Waals surface area contributed by atoms with Crippen molar-refractivity contribution < 1.29 is 13.2 Å². The maximum Gasteiger partial charge on any atom is 0.270 e. The quantitative estimate of drug-likeness (QED) is 0.655. The summed E-state index contributed by atoms with van der Waals surface area (Å²) in [7, 11) is 0.232. The summed E-state index contributed by atoms with van der Waals surface area (Å²) in [5.74, 6) is 0.865. The van der Waals surface area contributed by atoms with Crippen LogP contribution in [0.15, 0.2) is 41.9 Å². The number of hydrogen-bond donors (Lipinski definition) is 2. The second kappa shape index (κ2) is 7.01. The first kappa shape index (κ1) is 19.2. The number of anilines is 6. The average molecular weight is 431 g/mol. The van der Waals surface area contributed by atoms with Gasteiger partial charge in [-0.3, -0.25) is 9.52 Å².